The van der Waals surface area contributed by atoms with E-state index in [-0.39, 0.29) is 5.91 Å². The first-order chi connectivity index (χ1) is 7.77. The molecule has 3 rings (SSSR count). The van der Waals surface area contributed by atoms with Gasteiger partial charge >= 0.3 is 0 Å². The lowest BCUT2D eigenvalue weighted by Crippen LogP contribution is -2.08. The van der Waals surface area contributed by atoms with Gasteiger partial charge in [-0.2, -0.15) is 0 Å². The molecule has 6 heteroatoms. The molecule has 0 amide bonds. The molecular weight excluding hydrogens is 246 g/mol. The number of benzene rings is 1. The summed E-state index contributed by atoms with van der Waals surface area (Å²) in [6, 6.07) is 7.29. The molecule has 2 aromatic rings. The van der Waals surface area contributed by atoms with Crippen molar-refractivity contribution in [2.75, 3.05) is 5.75 Å². The van der Waals surface area contributed by atoms with Crippen LogP contribution >= 0.6 is 23.4 Å². The van der Waals surface area contributed by atoms with E-state index in [1.807, 2.05) is 18.2 Å². The highest BCUT2D eigenvalue weighted by atomic mass is 35.5. The summed E-state index contributed by atoms with van der Waals surface area (Å²) >= 11 is 7.46. The van der Waals surface area contributed by atoms with Crippen LogP contribution in [-0.4, -0.2) is 26.4 Å². The van der Waals surface area contributed by atoms with Crippen LogP contribution in [0.25, 0.3) is 11.4 Å². The third kappa shape index (κ3) is 1.36. The fourth-order valence-electron chi connectivity index (χ4n) is 1.60. The Labute approximate surface area is 101 Å². The van der Waals surface area contributed by atoms with Crippen LogP contribution in [0.15, 0.2) is 29.4 Å². The lowest BCUT2D eigenvalue weighted by atomic mass is 10.2. The molecule has 0 unspecified atom stereocenters. The van der Waals surface area contributed by atoms with Crippen LogP contribution in [0.3, 0.4) is 0 Å². The summed E-state index contributed by atoms with van der Waals surface area (Å²) < 4.78 is 1.52. The van der Waals surface area contributed by atoms with Gasteiger partial charge in [0.2, 0.25) is 5.91 Å². The summed E-state index contributed by atoms with van der Waals surface area (Å²) in [5, 5.41) is 9.18. The lowest BCUT2D eigenvalue weighted by molar-refractivity contribution is 0.0941. The third-order valence-corrected chi connectivity index (χ3v) is 3.57. The lowest BCUT2D eigenvalue weighted by Gasteiger charge is -2.02. The number of nitrogens with zero attached hydrogens (tertiary/aromatic N) is 3. The van der Waals surface area contributed by atoms with Crippen LogP contribution in [0.5, 0.6) is 0 Å². The van der Waals surface area contributed by atoms with Gasteiger partial charge in [0.15, 0.2) is 11.0 Å². The largest absolute Gasteiger partial charge is 0.273 e. The van der Waals surface area contributed by atoms with Gasteiger partial charge in [-0.05, 0) is 12.1 Å². The number of hydrogen-bond acceptors (Lipinski definition) is 4. The summed E-state index contributed by atoms with van der Waals surface area (Å²) in [7, 11) is 0. The molecule has 1 aromatic heterocycles. The van der Waals surface area contributed by atoms with Crippen LogP contribution in [0.1, 0.15) is 4.79 Å². The zero-order chi connectivity index (χ0) is 11.1. The van der Waals surface area contributed by atoms with Gasteiger partial charge in [0, 0.05) is 5.56 Å². The number of rotatable bonds is 1. The van der Waals surface area contributed by atoms with Gasteiger partial charge in [0.1, 0.15) is 0 Å². The maximum absolute atomic E-state index is 11.7. The standard InChI is InChI=1S/C10H6ClN3OS/c11-7-4-2-1-3-6(7)9-12-13-10-14(9)8(15)5-16-10/h1-4H,5H2. The van der Waals surface area contributed by atoms with E-state index in [9.17, 15) is 4.79 Å². The van der Waals surface area contributed by atoms with Crippen LogP contribution in [0.2, 0.25) is 5.02 Å². The average Bonchev–Trinajstić information content (AvgIpc) is 2.83. The second-order valence-electron chi connectivity index (χ2n) is 3.30. The van der Waals surface area contributed by atoms with E-state index in [4.69, 9.17) is 11.6 Å². The molecule has 0 fully saturated rings. The monoisotopic (exact) mass is 251 g/mol. The molecule has 0 spiro atoms. The number of hydrogen-bond donors (Lipinski definition) is 0. The predicted molar refractivity (Wildman–Crippen MR) is 61.8 cm³/mol. The third-order valence-electron chi connectivity index (χ3n) is 2.32. The maximum atomic E-state index is 11.7. The van der Waals surface area contributed by atoms with E-state index in [1.54, 1.807) is 6.07 Å². The highest BCUT2D eigenvalue weighted by Gasteiger charge is 2.26. The van der Waals surface area contributed by atoms with Crippen molar-refractivity contribution in [3.63, 3.8) is 0 Å². The second kappa shape index (κ2) is 3.61. The summed E-state index contributed by atoms with van der Waals surface area (Å²) in [6.07, 6.45) is 0. The Morgan fingerprint density at radius 2 is 2.12 bits per heavy atom. The quantitative estimate of drug-likeness (QED) is 0.781. The number of halogens is 1. The van der Waals surface area contributed by atoms with E-state index < -0.39 is 0 Å². The van der Waals surface area contributed by atoms with Crippen molar-refractivity contribution in [3.8, 4) is 11.4 Å². The van der Waals surface area contributed by atoms with Crippen molar-refractivity contribution >= 4 is 29.3 Å². The molecule has 0 radical (unpaired) electrons. The molecule has 1 aliphatic heterocycles. The van der Waals surface area contributed by atoms with Gasteiger partial charge in [0.25, 0.3) is 0 Å². The van der Waals surface area contributed by atoms with Gasteiger partial charge in [0.05, 0.1) is 10.8 Å². The normalized spacial score (nSPS) is 14.2. The molecule has 16 heavy (non-hydrogen) atoms. The maximum Gasteiger partial charge on any atom is 0.244 e. The molecule has 0 bridgehead atoms. The Morgan fingerprint density at radius 3 is 2.94 bits per heavy atom. The van der Waals surface area contributed by atoms with Gasteiger partial charge in [-0.25, -0.2) is 4.57 Å². The van der Waals surface area contributed by atoms with Crippen LogP contribution in [0.4, 0.5) is 0 Å². The van der Waals surface area contributed by atoms with Crippen LogP contribution < -0.4 is 0 Å². The molecular formula is C10H6ClN3OS. The topological polar surface area (TPSA) is 47.8 Å². The van der Waals surface area contributed by atoms with E-state index in [2.05, 4.69) is 10.2 Å². The summed E-state index contributed by atoms with van der Waals surface area (Å²) in [5.74, 6) is 0.943. The summed E-state index contributed by atoms with van der Waals surface area (Å²) in [5.41, 5.74) is 0.735. The fraction of sp³-hybridized carbons (Fsp3) is 0.100. The summed E-state index contributed by atoms with van der Waals surface area (Å²) in [4.78, 5) is 11.7. The first-order valence-electron chi connectivity index (χ1n) is 4.63. The van der Waals surface area contributed by atoms with Gasteiger partial charge < -0.3 is 0 Å². The number of thioether (sulfide) groups is 1. The Morgan fingerprint density at radius 1 is 1.31 bits per heavy atom. The van der Waals surface area contributed by atoms with Gasteiger partial charge in [-0.15, -0.1) is 10.2 Å². The summed E-state index contributed by atoms with van der Waals surface area (Å²) in [6.45, 7) is 0. The highest BCUT2D eigenvalue weighted by Crippen LogP contribution is 2.32. The van der Waals surface area contributed by atoms with Crippen molar-refractivity contribution < 1.29 is 4.79 Å². The second-order valence-corrected chi connectivity index (χ2v) is 4.65. The molecule has 0 aliphatic carbocycles. The minimum Gasteiger partial charge on any atom is -0.273 e. The van der Waals surface area contributed by atoms with Crippen molar-refractivity contribution in [3.05, 3.63) is 29.3 Å². The Bertz CT molecular complexity index is 581. The first kappa shape index (κ1) is 9.86. The van der Waals surface area contributed by atoms with Gasteiger partial charge in [-0.3, -0.25) is 4.79 Å². The Balaban J connectivity index is 2.22. The highest BCUT2D eigenvalue weighted by molar-refractivity contribution is 8.00. The molecule has 2 heterocycles. The minimum absolute atomic E-state index is 0.0000743. The van der Waals surface area contributed by atoms with Crippen LogP contribution in [0, 0.1) is 0 Å². The van der Waals surface area contributed by atoms with Crippen LogP contribution in [-0.2, 0) is 0 Å². The smallest absolute Gasteiger partial charge is 0.244 e. The SMILES string of the molecule is O=C1CSc2nnc(-c3ccccc3Cl)n21. The Hall–Kier alpha value is -1.33. The van der Waals surface area contributed by atoms with Crippen molar-refractivity contribution in [1.29, 1.82) is 0 Å². The van der Waals surface area contributed by atoms with Gasteiger partial charge in [-0.1, -0.05) is 35.5 Å². The molecule has 0 N–H and O–H groups in total. The van der Waals surface area contributed by atoms with Crippen molar-refractivity contribution in [2.24, 2.45) is 0 Å². The number of carbonyl (C=O) groups excluding carboxylic acids is 1. The molecule has 1 aliphatic rings. The zero-order valence-corrected chi connectivity index (χ0v) is 9.63. The van der Waals surface area contributed by atoms with E-state index in [1.165, 1.54) is 16.3 Å². The molecule has 1 aromatic carbocycles. The first-order valence-corrected chi connectivity index (χ1v) is 6.00. The Kier molecular flexibility index (Phi) is 2.22. The molecule has 80 valence electrons. The van der Waals surface area contributed by atoms with E-state index in [0.29, 0.717) is 21.8 Å². The number of aromatic nitrogens is 3. The van der Waals surface area contributed by atoms with Crippen molar-refractivity contribution in [2.45, 2.75) is 5.16 Å². The fourth-order valence-corrected chi connectivity index (χ4v) is 2.61. The van der Waals surface area contributed by atoms with E-state index >= 15 is 0 Å². The minimum atomic E-state index is -0.0000743. The number of carbonyl (C=O) groups is 1. The molecule has 4 nitrogen and oxygen atoms in total. The predicted octanol–water partition coefficient (Wildman–Crippen LogP) is 2.34. The zero-order valence-electron chi connectivity index (χ0n) is 8.05. The van der Waals surface area contributed by atoms with E-state index in [0.717, 1.165) is 5.56 Å². The molecule has 0 saturated heterocycles. The molecule has 0 atom stereocenters. The average molecular weight is 252 g/mol. The molecule has 0 saturated carbocycles. The van der Waals surface area contributed by atoms with Crippen molar-refractivity contribution in [1.82, 2.24) is 14.8 Å². The number of fused-ring (bicyclic) bond motifs is 1.